The molecule has 4 nitrogen and oxygen atoms in total. The van der Waals surface area contributed by atoms with Gasteiger partial charge in [0.05, 0.1) is 6.54 Å². The molecule has 1 aromatic carbocycles. The minimum Gasteiger partial charge on any atom is -0.337 e. The highest BCUT2D eigenvalue weighted by Gasteiger charge is 2.13. The topological polar surface area (TPSA) is 35.6 Å². The summed E-state index contributed by atoms with van der Waals surface area (Å²) in [5, 5.41) is 6.01. The fraction of sp³-hybridized carbons (Fsp3) is 0.286. The number of hydrogen-bond donors (Lipinski definition) is 0. The van der Waals surface area contributed by atoms with Crippen LogP contribution in [-0.4, -0.2) is 19.3 Å². The molecular weight excluding hydrogens is 260 g/mol. The largest absolute Gasteiger partial charge is 0.337 e. The van der Waals surface area contributed by atoms with Crippen LogP contribution >= 0.6 is 11.6 Å². The Labute approximate surface area is 116 Å². The first-order valence-corrected chi connectivity index (χ1v) is 6.55. The number of rotatable bonds is 2. The molecule has 5 heteroatoms. The van der Waals surface area contributed by atoms with Crippen molar-refractivity contribution in [3.05, 3.63) is 46.6 Å². The first-order chi connectivity index (χ1) is 9.08. The van der Waals surface area contributed by atoms with Crippen LogP contribution in [0.15, 0.2) is 24.3 Å². The summed E-state index contributed by atoms with van der Waals surface area (Å²) in [6.07, 6.45) is 0. The van der Waals surface area contributed by atoms with E-state index in [2.05, 4.69) is 52.8 Å². The van der Waals surface area contributed by atoms with Crippen molar-refractivity contribution in [3.63, 3.8) is 0 Å². The Balaban J connectivity index is 2.12. The molecule has 0 saturated heterocycles. The van der Waals surface area contributed by atoms with Gasteiger partial charge in [-0.25, -0.2) is 4.68 Å². The van der Waals surface area contributed by atoms with E-state index in [1.54, 1.807) is 11.7 Å². The van der Waals surface area contributed by atoms with Crippen LogP contribution in [0.2, 0.25) is 5.28 Å². The summed E-state index contributed by atoms with van der Waals surface area (Å²) >= 11 is 5.94. The van der Waals surface area contributed by atoms with Gasteiger partial charge in [0.1, 0.15) is 0 Å². The minimum absolute atomic E-state index is 0.417. The van der Waals surface area contributed by atoms with E-state index in [-0.39, 0.29) is 0 Å². The molecule has 3 aromatic rings. The van der Waals surface area contributed by atoms with E-state index in [0.29, 0.717) is 11.8 Å². The highest BCUT2D eigenvalue weighted by molar-refractivity contribution is 6.28. The van der Waals surface area contributed by atoms with E-state index in [9.17, 15) is 0 Å². The van der Waals surface area contributed by atoms with Crippen molar-refractivity contribution in [1.82, 2.24) is 19.3 Å². The number of hydrogen-bond acceptors (Lipinski definition) is 2. The van der Waals surface area contributed by atoms with E-state index in [4.69, 9.17) is 11.6 Å². The van der Waals surface area contributed by atoms with Crippen molar-refractivity contribution in [2.45, 2.75) is 20.4 Å². The molecule has 0 aliphatic heterocycles. The lowest BCUT2D eigenvalue weighted by molar-refractivity contribution is 0.704. The minimum atomic E-state index is 0.417. The quantitative estimate of drug-likeness (QED) is 0.720. The zero-order chi connectivity index (χ0) is 13.6. The van der Waals surface area contributed by atoms with Gasteiger partial charge in [-0.1, -0.05) is 18.2 Å². The first-order valence-electron chi connectivity index (χ1n) is 6.17. The van der Waals surface area contributed by atoms with Crippen molar-refractivity contribution in [3.8, 4) is 0 Å². The Morgan fingerprint density at radius 1 is 1.21 bits per heavy atom. The predicted molar refractivity (Wildman–Crippen MR) is 76.5 cm³/mol. The lowest BCUT2D eigenvalue weighted by Gasteiger charge is -2.05. The molecule has 0 bridgehead atoms. The monoisotopic (exact) mass is 274 g/mol. The van der Waals surface area contributed by atoms with Crippen molar-refractivity contribution in [2.75, 3.05) is 0 Å². The van der Waals surface area contributed by atoms with E-state index < -0.39 is 0 Å². The van der Waals surface area contributed by atoms with E-state index in [1.165, 1.54) is 22.2 Å². The molecule has 0 amide bonds. The second-order valence-corrected chi connectivity index (χ2v) is 5.07. The average molecular weight is 275 g/mol. The molecule has 0 unspecified atom stereocenters. The summed E-state index contributed by atoms with van der Waals surface area (Å²) in [5.74, 6) is 0.733. The van der Waals surface area contributed by atoms with Gasteiger partial charge in [0, 0.05) is 23.6 Å². The number of halogens is 1. The van der Waals surface area contributed by atoms with E-state index in [1.807, 2.05) is 0 Å². The zero-order valence-electron chi connectivity index (χ0n) is 11.2. The molecule has 0 atom stereocenters. The fourth-order valence-electron chi connectivity index (χ4n) is 2.43. The molecule has 0 saturated carbocycles. The summed E-state index contributed by atoms with van der Waals surface area (Å²) in [6, 6.07) is 8.39. The lowest BCUT2D eigenvalue weighted by Crippen LogP contribution is -2.04. The highest BCUT2D eigenvalue weighted by Crippen LogP contribution is 2.25. The van der Waals surface area contributed by atoms with Crippen LogP contribution in [0, 0.1) is 13.8 Å². The smallest absolute Gasteiger partial charge is 0.220 e. The maximum atomic E-state index is 5.94. The predicted octanol–water partition coefficient (Wildman–Crippen LogP) is 3.09. The van der Waals surface area contributed by atoms with Gasteiger partial charge in [-0.2, -0.15) is 10.1 Å². The number of aromatic nitrogens is 4. The summed E-state index contributed by atoms with van der Waals surface area (Å²) in [4.78, 5) is 4.26. The summed E-state index contributed by atoms with van der Waals surface area (Å²) in [5.41, 5.74) is 3.75. The second kappa shape index (κ2) is 4.38. The number of nitrogens with zero attached hydrogens (tertiary/aromatic N) is 4. The number of fused-ring (bicyclic) bond motifs is 1. The van der Waals surface area contributed by atoms with E-state index >= 15 is 0 Å². The Morgan fingerprint density at radius 3 is 2.63 bits per heavy atom. The van der Waals surface area contributed by atoms with Crippen LogP contribution in [0.1, 0.15) is 17.1 Å². The normalized spacial score (nSPS) is 11.4. The van der Waals surface area contributed by atoms with Crippen molar-refractivity contribution in [1.29, 1.82) is 0 Å². The Morgan fingerprint density at radius 2 is 1.95 bits per heavy atom. The van der Waals surface area contributed by atoms with Crippen molar-refractivity contribution in [2.24, 2.45) is 7.05 Å². The van der Waals surface area contributed by atoms with Gasteiger partial charge < -0.3 is 4.57 Å². The van der Waals surface area contributed by atoms with Crippen LogP contribution in [0.4, 0.5) is 0 Å². The van der Waals surface area contributed by atoms with Crippen LogP contribution in [0.25, 0.3) is 10.9 Å². The van der Waals surface area contributed by atoms with Crippen LogP contribution < -0.4 is 0 Å². The standard InChI is InChI=1S/C14H15ClN4/c1-9-10(2)19(12-7-5-4-6-11(9)12)8-13-16-14(15)18(3)17-13/h4-7H,8H2,1-3H3. The maximum absolute atomic E-state index is 5.94. The number of benzene rings is 1. The molecule has 2 heterocycles. The number of aryl methyl sites for hydroxylation is 2. The highest BCUT2D eigenvalue weighted by atomic mass is 35.5. The van der Waals surface area contributed by atoms with Crippen molar-refractivity contribution >= 4 is 22.5 Å². The second-order valence-electron chi connectivity index (χ2n) is 4.73. The molecule has 0 N–H and O–H groups in total. The molecule has 0 aliphatic carbocycles. The fourth-order valence-corrected chi connectivity index (χ4v) is 2.57. The molecule has 98 valence electrons. The molecule has 0 fully saturated rings. The Kier molecular flexibility index (Phi) is 2.82. The average Bonchev–Trinajstić information content (AvgIpc) is 2.84. The van der Waals surface area contributed by atoms with Crippen LogP contribution in [0.3, 0.4) is 0 Å². The summed E-state index contributed by atoms with van der Waals surface area (Å²) in [6.45, 7) is 4.91. The van der Waals surface area contributed by atoms with Gasteiger partial charge in [0.15, 0.2) is 5.82 Å². The molecule has 0 aliphatic rings. The third-order valence-corrected chi connectivity index (χ3v) is 3.93. The van der Waals surface area contributed by atoms with Crippen molar-refractivity contribution < 1.29 is 0 Å². The van der Waals surface area contributed by atoms with Gasteiger partial charge >= 0.3 is 0 Å². The van der Waals surface area contributed by atoms with E-state index in [0.717, 1.165) is 5.82 Å². The van der Waals surface area contributed by atoms with Gasteiger partial charge in [0.25, 0.3) is 0 Å². The SMILES string of the molecule is Cc1c(C)n(Cc2nc(Cl)n(C)n2)c2ccccc12. The third-order valence-electron chi connectivity index (χ3n) is 3.60. The van der Waals surface area contributed by atoms with Crippen LogP contribution in [-0.2, 0) is 13.6 Å². The van der Waals surface area contributed by atoms with Gasteiger partial charge in [0.2, 0.25) is 5.28 Å². The molecule has 0 radical (unpaired) electrons. The van der Waals surface area contributed by atoms with Crippen LogP contribution in [0.5, 0.6) is 0 Å². The lowest BCUT2D eigenvalue weighted by atomic mass is 10.2. The molecular formula is C14H15ClN4. The number of para-hydroxylation sites is 1. The maximum Gasteiger partial charge on any atom is 0.220 e. The Bertz CT molecular complexity index is 735. The zero-order valence-corrected chi connectivity index (χ0v) is 11.9. The van der Waals surface area contributed by atoms with Gasteiger partial charge in [-0.15, -0.1) is 0 Å². The van der Waals surface area contributed by atoms with Gasteiger partial charge in [-0.05, 0) is 37.1 Å². The molecule has 3 rings (SSSR count). The molecule has 0 spiro atoms. The first kappa shape index (κ1) is 12.2. The Hall–Kier alpha value is -1.81. The third kappa shape index (κ3) is 1.92. The molecule has 2 aromatic heterocycles. The molecule has 19 heavy (non-hydrogen) atoms. The summed E-state index contributed by atoms with van der Waals surface area (Å²) < 4.78 is 3.82. The summed E-state index contributed by atoms with van der Waals surface area (Å²) in [7, 11) is 1.80. The van der Waals surface area contributed by atoms with Gasteiger partial charge in [-0.3, -0.25) is 0 Å².